The normalized spacial score (nSPS) is 23.8. The van der Waals surface area contributed by atoms with Gasteiger partial charge in [0.15, 0.2) is 6.61 Å². The zero-order valence-corrected chi connectivity index (χ0v) is 17.0. The number of hydrogen-bond acceptors (Lipinski definition) is 6. The van der Waals surface area contributed by atoms with Gasteiger partial charge in [0, 0.05) is 36.3 Å². The van der Waals surface area contributed by atoms with Crippen LogP contribution in [0.4, 0.5) is 0 Å². The lowest BCUT2D eigenvalue weighted by molar-refractivity contribution is -0.490. The van der Waals surface area contributed by atoms with Gasteiger partial charge in [-0.1, -0.05) is 43.3 Å². The van der Waals surface area contributed by atoms with Crippen molar-refractivity contribution < 1.29 is 24.0 Å². The van der Waals surface area contributed by atoms with Crippen LogP contribution in [0.3, 0.4) is 0 Å². The molecule has 0 bridgehead atoms. The van der Waals surface area contributed by atoms with Gasteiger partial charge in [-0.05, 0) is 23.5 Å². The number of amides is 1. The van der Waals surface area contributed by atoms with Crippen LogP contribution in [-0.4, -0.2) is 53.7 Å². The Balaban J connectivity index is 1.48. The number of ketones is 1. The Kier molecular flexibility index (Phi) is 6.97. The predicted molar refractivity (Wildman–Crippen MR) is 109 cm³/mol. The van der Waals surface area contributed by atoms with E-state index in [0.29, 0.717) is 13.1 Å². The summed E-state index contributed by atoms with van der Waals surface area (Å²) in [6.45, 7) is 2.05. The number of nitrogens with zero attached hydrogens (tertiary/aromatic N) is 2. The van der Waals surface area contributed by atoms with Crippen LogP contribution in [0.2, 0.25) is 0 Å². The molecule has 0 saturated heterocycles. The fraction of sp³-hybridized carbons (Fsp3) is 0.500. The molecule has 8 nitrogen and oxygen atoms in total. The summed E-state index contributed by atoms with van der Waals surface area (Å²) >= 11 is 0. The highest BCUT2D eigenvalue weighted by Crippen LogP contribution is 2.36. The van der Waals surface area contributed by atoms with Crippen molar-refractivity contribution in [3.8, 4) is 0 Å². The molecule has 1 heterocycles. The highest BCUT2D eigenvalue weighted by atomic mass is 16.6. The number of carbonyl (C=O) groups excluding carboxylic acids is 3. The molecule has 2 aliphatic rings. The average molecular weight is 414 g/mol. The molecule has 3 atom stereocenters. The van der Waals surface area contributed by atoms with Crippen molar-refractivity contribution in [3.63, 3.8) is 0 Å². The monoisotopic (exact) mass is 414 g/mol. The van der Waals surface area contributed by atoms with Crippen molar-refractivity contribution in [1.29, 1.82) is 0 Å². The Morgan fingerprint density at radius 2 is 2.00 bits per heavy atom. The molecule has 1 aromatic rings. The van der Waals surface area contributed by atoms with Crippen molar-refractivity contribution in [2.75, 3.05) is 26.2 Å². The molecule has 1 saturated carbocycles. The smallest absolute Gasteiger partial charge is 0.307 e. The summed E-state index contributed by atoms with van der Waals surface area (Å²) < 4.78 is 5.09. The number of benzene rings is 1. The van der Waals surface area contributed by atoms with Crippen LogP contribution < -0.4 is 0 Å². The summed E-state index contributed by atoms with van der Waals surface area (Å²) in [5.41, 5.74) is 2.32. The standard InChI is InChI=1S/C22H26N2O6/c1-15-11-20(25)18(19(15)13-24(28)29)12-22(27)30-14-21(26)23-9-7-17(8-10-23)16-5-3-2-4-6-16/h2-7,15,18-19H,8-14H2,1H3/t15-,18+,19+/m0/s1. The third-order valence-electron chi connectivity index (χ3n) is 5.99. The molecule has 8 heteroatoms. The van der Waals surface area contributed by atoms with Gasteiger partial charge in [0.05, 0.1) is 6.42 Å². The molecular formula is C22H26N2O6. The van der Waals surface area contributed by atoms with Crippen molar-refractivity contribution in [2.45, 2.75) is 26.2 Å². The van der Waals surface area contributed by atoms with Crippen molar-refractivity contribution >= 4 is 23.2 Å². The summed E-state index contributed by atoms with van der Waals surface area (Å²) in [6.07, 6.45) is 2.74. The Morgan fingerprint density at radius 1 is 1.27 bits per heavy atom. The van der Waals surface area contributed by atoms with Crippen LogP contribution in [0.5, 0.6) is 0 Å². The highest BCUT2D eigenvalue weighted by Gasteiger charge is 2.44. The van der Waals surface area contributed by atoms with Crippen LogP contribution in [0.25, 0.3) is 5.57 Å². The number of carbonyl (C=O) groups is 3. The quantitative estimate of drug-likeness (QED) is 0.385. The summed E-state index contributed by atoms with van der Waals surface area (Å²) in [5, 5.41) is 10.9. The maximum atomic E-state index is 12.4. The lowest BCUT2D eigenvalue weighted by Crippen LogP contribution is -2.38. The molecule has 0 aromatic heterocycles. The molecular weight excluding hydrogens is 388 g/mol. The second-order valence-corrected chi connectivity index (χ2v) is 7.98. The molecule has 1 aromatic carbocycles. The largest absolute Gasteiger partial charge is 0.456 e. The van der Waals surface area contributed by atoms with E-state index in [1.165, 1.54) is 5.57 Å². The molecule has 1 amide bonds. The fourth-order valence-corrected chi connectivity index (χ4v) is 4.28. The van der Waals surface area contributed by atoms with Crippen LogP contribution in [-0.2, 0) is 19.1 Å². The first-order valence-electron chi connectivity index (χ1n) is 10.2. The first-order valence-corrected chi connectivity index (χ1v) is 10.2. The van der Waals surface area contributed by atoms with Gasteiger partial charge in [0.2, 0.25) is 6.54 Å². The minimum atomic E-state index is -0.709. The van der Waals surface area contributed by atoms with Gasteiger partial charge in [-0.15, -0.1) is 0 Å². The maximum absolute atomic E-state index is 12.4. The molecule has 0 N–H and O–H groups in total. The molecule has 0 spiro atoms. The zero-order chi connectivity index (χ0) is 21.7. The molecule has 1 aliphatic heterocycles. The predicted octanol–water partition coefficient (Wildman–Crippen LogP) is 2.35. The number of nitro groups is 1. The van der Waals surface area contributed by atoms with Gasteiger partial charge in [-0.3, -0.25) is 24.5 Å². The van der Waals surface area contributed by atoms with Crippen LogP contribution in [0, 0.1) is 27.9 Å². The van der Waals surface area contributed by atoms with Crippen molar-refractivity contribution in [1.82, 2.24) is 4.90 Å². The molecule has 1 fully saturated rings. The number of hydrogen-bond donors (Lipinski definition) is 0. The third kappa shape index (κ3) is 5.31. The number of rotatable bonds is 7. The number of Topliss-reactive ketones (excluding diaryl/α,β-unsaturated/α-hetero) is 1. The van der Waals surface area contributed by atoms with E-state index in [0.717, 1.165) is 12.0 Å². The van der Waals surface area contributed by atoms with E-state index in [1.54, 1.807) is 11.8 Å². The fourth-order valence-electron chi connectivity index (χ4n) is 4.28. The molecule has 160 valence electrons. The van der Waals surface area contributed by atoms with Gasteiger partial charge in [-0.2, -0.15) is 0 Å². The van der Waals surface area contributed by atoms with E-state index in [4.69, 9.17) is 4.74 Å². The van der Waals surface area contributed by atoms with Gasteiger partial charge in [0.1, 0.15) is 5.78 Å². The zero-order valence-electron chi connectivity index (χ0n) is 17.0. The van der Waals surface area contributed by atoms with E-state index in [2.05, 4.69) is 0 Å². The summed E-state index contributed by atoms with van der Waals surface area (Å²) in [7, 11) is 0. The first-order chi connectivity index (χ1) is 14.3. The maximum Gasteiger partial charge on any atom is 0.307 e. The first kappa shape index (κ1) is 21.7. The van der Waals surface area contributed by atoms with Gasteiger partial charge < -0.3 is 9.64 Å². The van der Waals surface area contributed by atoms with E-state index < -0.39 is 22.7 Å². The Bertz CT molecular complexity index is 850. The van der Waals surface area contributed by atoms with Gasteiger partial charge in [0.25, 0.3) is 5.91 Å². The highest BCUT2D eigenvalue weighted by molar-refractivity contribution is 5.88. The van der Waals surface area contributed by atoms with Crippen molar-refractivity contribution in [2.24, 2.45) is 17.8 Å². The third-order valence-corrected chi connectivity index (χ3v) is 5.99. The Labute approximate surface area is 175 Å². The van der Waals surface area contributed by atoms with Crippen LogP contribution in [0.15, 0.2) is 36.4 Å². The van der Waals surface area contributed by atoms with Crippen LogP contribution in [0.1, 0.15) is 31.7 Å². The second-order valence-electron chi connectivity index (χ2n) is 7.98. The van der Waals surface area contributed by atoms with E-state index >= 15 is 0 Å². The van der Waals surface area contributed by atoms with E-state index in [-0.39, 0.29) is 43.6 Å². The summed E-state index contributed by atoms with van der Waals surface area (Å²) in [6, 6.07) is 9.96. The van der Waals surface area contributed by atoms with Crippen LogP contribution >= 0.6 is 0 Å². The van der Waals surface area contributed by atoms with E-state index in [1.807, 2.05) is 36.4 Å². The topological polar surface area (TPSA) is 107 Å². The lowest BCUT2D eigenvalue weighted by atomic mass is 9.88. The van der Waals surface area contributed by atoms with Crippen molar-refractivity contribution in [3.05, 3.63) is 52.1 Å². The van der Waals surface area contributed by atoms with Gasteiger partial charge >= 0.3 is 5.97 Å². The number of ether oxygens (including phenoxy) is 1. The molecule has 3 rings (SSSR count). The summed E-state index contributed by atoms with van der Waals surface area (Å²) in [5.74, 6) is -2.42. The van der Waals surface area contributed by atoms with Gasteiger partial charge in [-0.25, -0.2) is 0 Å². The Hall–Kier alpha value is -3.03. The second kappa shape index (κ2) is 9.65. The number of esters is 1. The average Bonchev–Trinajstić information content (AvgIpc) is 2.99. The lowest BCUT2D eigenvalue weighted by Gasteiger charge is -2.26. The summed E-state index contributed by atoms with van der Waals surface area (Å²) in [4.78, 5) is 48.7. The molecule has 0 radical (unpaired) electrons. The molecule has 1 aliphatic carbocycles. The Morgan fingerprint density at radius 3 is 2.63 bits per heavy atom. The van der Waals surface area contributed by atoms with E-state index in [9.17, 15) is 24.5 Å². The SMILES string of the molecule is C[C@H]1CC(=O)[C@H](CC(=O)OCC(=O)N2CC=C(c3ccccc3)CC2)[C@@H]1C[N+](=O)[O-]. The molecule has 30 heavy (non-hydrogen) atoms. The minimum Gasteiger partial charge on any atom is -0.456 e. The minimum absolute atomic E-state index is 0.138. The molecule has 0 unspecified atom stereocenters.